The van der Waals surface area contributed by atoms with Crippen LogP contribution in [0.2, 0.25) is 5.02 Å². The van der Waals surface area contributed by atoms with E-state index in [9.17, 15) is 19.2 Å². The number of nitrogens with zero attached hydrogens (tertiary/aromatic N) is 1. The van der Waals surface area contributed by atoms with Crippen molar-refractivity contribution in [2.24, 2.45) is 0 Å². The SMILES string of the molecule is CCOC(=O)CN1C(=O)S/C(=C\c2cccc(OC(=O)c3ccc(Cl)cc3)c2)C1=O. The van der Waals surface area contributed by atoms with Gasteiger partial charge in [-0.3, -0.25) is 19.3 Å². The Morgan fingerprint density at radius 3 is 2.57 bits per heavy atom. The lowest BCUT2D eigenvalue weighted by atomic mass is 10.2. The van der Waals surface area contributed by atoms with E-state index in [2.05, 4.69) is 0 Å². The summed E-state index contributed by atoms with van der Waals surface area (Å²) in [5, 5.41) is -0.0462. The number of esters is 2. The van der Waals surface area contributed by atoms with E-state index in [1.165, 1.54) is 6.08 Å². The summed E-state index contributed by atoms with van der Waals surface area (Å²) < 4.78 is 10.1. The second kappa shape index (κ2) is 9.60. The molecule has 0 aliphatic carbocycles. The van der Waals surface area contributed by atoms with Crippen LogP contribution in [0.5, 0.6) is 5.75 Å². The van der Waals surface area contributed by atoms with Gasteiger partial charge in [0.15, 0.2) is 0 Å². The van der Waals surface area contributed by atoms with Gasteiger partial charge in [-0.15, -0.1) is 0 Å². The number of thioether (sulfide) groups is 1. The molecule has 1 saturated heterocycles. The van der Waals surface area contributed by atoms with Gasteiger partial charge >= 0.3 is 11.9 Å². The molecular weight excluding hydrogens is 430 g/mol. The average molecular weight is 446 g/mol. The van der Waals surface area contributed by atoms with Crippen LogP contribution in [-0.2, 0) is 14.3 Å². The van der Waals surface area contributed by atoms with Gasteiger partial charge in [0.25, 0.3) is 11.1 Å². The van der Waals surface area contributed by atoms with E-state index in [0.29, 0.717) is 16.1 Å². The van der Waals surface area contributed by atoms with Crippen LogP contribution in [0.4, 0.5) is 4.79 Å². The quantitative estimate of drug-likeness (QED) is 0.374. The minimum absolute atomic E-state index is 0.158. The molecule has 1 aliphatic rings. The first-order valence-electron chi connectivity index (χ1n) is 8.86. The van der Waals surface area contributed by atoms with Crippen molar-refractivity contribution >= 4 is 52.5 Å². The standard InChI is InChI=1S/C21H16ClNO6S/c1-2-28-18(24)12-23-19(25)17(30-21(23)27)11-13-4-3-5-16(10-13)29-20(26)14-6-8-15(22)9-7-14/h3-11H,2,12H2,1H3/b17-11-. The van der Waals surface area contributed by atoms with Gasteiger partial charge in [-0.25, -0.2) is 4.79 Å². The van der Waals surface area contributed by atoms with Crippen LogP contribution in [0.3, 0.4) is 0 Å². The predicted molar refractivity (Wildman–Crippen MR) is 112 cm³/mol. The topological polar surface area (TPSA) is 90.0 Å². The highest BCUT2D eigenvalue weighted by molar-refractivity contribution is 8.18. The minimum Gasteiger partial charge on any atom is -0.465 e. The number of carbonyl (C=O) groups is 4. The summed E-state index contributed by atoms with van der Waals surface area (Å²) in [6.45, 7) is 1.36. The molecule has 0 spiro atoms. The van der Waals surface area contributed by atoms with Crippen LogP contribution in [0.25, 0.3) is 6.08 Å². The zero-order valence-corrected chi connectivity index (χ0v) is 17.4. The molecule has 0 unspecified atom stereocenters. The Morgan fingerprint density at radius 2 is 1.87 bits per heavy atom. The molecule has 2 aromatic carbocycles. The first-order valence-corrected chi connectivity index (χ1v) is 10.1. The van der Waals surface area contributed by atoms with Crippen LogP contribution in [-0.4, -0.2) is 41.1 Å². The Labute approximate surface area is 181 Å². The van der Waals surface area contributed by atoms with Crippen LogP contribution in [0, 0.1) is 0 Å². The van der Waals surface area contributed by atoms with Gasteiger partial charge in [0.1, 0.15) is 12.3 Å². The molecule has 0 aromatic heterocycles. The maximum Gasteiger partial charge on any atom is 0.343 e. The molecule has 0 N–H and O–H groups in total. The van der Waals surface area contributed by atoms with E-state index in [1.54, 1.807) is 55.5 Å². The zero-order chi connectivity index (χ0) is 21.7. The summed E-state index contributed by atoms with van der Waals surface area (Å²) in [7, 11) is 0. The minimum atomic E-state index is -0.655. The molecule has 9 heteroatoms. The number of benzene rings is 2. The Bertz CT molecular complexity index is 1030. The van der Waals surface area contributed by atoms with Crippen molar-refractivity contribution in [3.63, 3.8) is 0 Å². The van der Waals surface area contributed by atoms with Crippen molar-refractivity contribution < 1.29 is 28.7 Å². The third-order valence-corrected chi connectivity index (χ3v) is 5.07. The van der Waals surface area contributed by atoms with E-state index < -0.39 is 29.6 Å². The molecule has 1 aliphatic heterocycles. The number of rotatable bonds is 6. The third kappa shape index (κ3) is 5.28. The molecule has 0 radical (unpaired) electrons. The number of carbonyl (C=O) groups excluding carboxylic acids is 4. The molecule has 3 rings (SSSR count). The molecule has 1 heterocycles. The maximum atomic E-state index is 12.4. The lowest BCUT2D eigenvalue weighted by Crippen LogP contribution is -2.34. The lowest BCUT2D eigenvalue weighted by Gasteiger charge is -2.10. The molecule has 7 nitrogen and oxygen atoms in total. The number of ether oxygens (including phenoxy) is 2. The number of halogens is 1. The largest absolute Gasteiger partial charge is 0.465 e. The van der Waals surface area contributed by atoms with Crippen LogP contribution >= 0.6 is 23.4 Å². The molecular formula is C21H16ClNO6S. The van der Waals surface area contributed by atoms with Gasteiger partial charge in [0, 0.05) is 5.02 Å². The second-order valence-electron chi connectivity index (χ2n) is 6.04. The first kappa shape index (κ1) is 21.6. The van der Waals surface area contributed by atoms with Crippen molar-refractivity contribution in [2.75, 3.05) is 13.2 Å². The molecule has 2 amide bonds. The van der Waals surface area contributed by atoms with Crippen molar-refractivity contribution in [3.8, 4) is 5.75 Å². The molecule has 0 saturated carbocycles. The summed E-state index contributed by atoms with van der Waals surface area (Å²) >= 11 is 6.54. The van der Waals surface area contributed by atoms with E-state index in [0.717, 1.165) is 16.7 Å². The summed E-state index contributed by atoms with van der Waals surface area (Å²) in [4.78, 5) is 49.3. The fourth-order valence-electron chi connectivity index (χ4n) is 2.54. The van der Waals surface area contributed by atoms with Gasteiger partial charge < -0.3 is 9.47 Å². The van der Waals surface area contributed by atoms with Crippen molar-refractivity contribution in [1.29, 1.82) is 0 Å². The molecule has 2 aromatic rings. The molecule has 0 atom stereocenters. The highest BCUT2D eigenvalue weighted by Gasteiger charge is 2.36. The van der Waals surface area contributed by atoms with Gasteiger partial charge in [-0.2, -0.15) is 0 Å². The maximum absolute atomic E-state index is 12.4. The summed E-state index contributed by atoms with van der Waals surface area (Å²) in [6.07, 6.45) is 1.50. The fraction of sp³-hybridized carbons (Fsp3) is 0.143. The molecule has 0 bridgehead atoms. The van der Waals surface area contributed by atoms with Gasteiger partial charge in [0.2, 0.25) is 0 Å². The van der Waals surface area contributed by atoms with Crippen molar-refractivity contribution in [2.45, 2.75) is 6.92 Å². The number of imide groups is 1. The van der Waals surface area contributed by atoms with Gasteiger partial charge in [-0.1, -0.05) is 23.7 Å². The van der Waals surface area contributed by atoms with Crippen LogP contribution < -0.4 is 4.74 Å². The van der Waals surface area contributed by atoms with Crippen LogP contribution in [0.1, 0.15) is 22.8 Å². The Kier molecular flexibility index (Phi) is 6.91. The van der Waals surface area contributed by atoms with Crippen LogP contribution in [0.15, 0.2) is 53.4 Å². The summed E-state index contributed by atoms with van der Waals surface area (Å²) in [5.74, 6) is -1.52. The number of hydrogen-bond acceptors (Lipinski definition) is 7. The van der Waals surface area contributed by atoms with Gasteiger partial charge in [0.05, 0.1) is 17.1 Å². The molecule has 30 heavy (non-hydrogen) atoms. The lowest BCUT2D eigenvalue weighted by molar-refractivity contribution is -0.145. The van der Waals surface area contributed by atoms with E-state index in [4.69, 9.17) is 21.1 Å². The fourth-order valence-corrected chi connectivity index (χ4v) is 3.51. The highest BCUT2D eigenvalue weighted by Crippen LogP contribution is 2.32. The van der Waals surface area contributed by atoms with E-state index in [-0.39, 0.29) is 17.3 Å². The highest BCUT2D eigenvalue weighted by atomic mass is 35.5. The predicted octanol–water partition coefficient (Wildman–Crippen LogP) is 4.16. The van der Waals surface area contributed by atoms with E-state index in [1.807, 2.05) is 0 Å². The first-order chi connectivity index (χ1) is 14.4. The van der Waals surface area contributed by atoms with Crippen molar-refractivity contribution in [3.05, 3.63) is 69.6 Å². The summed E-state index contributed by atoms with van der Waals surface area (Å²) in [5.41, 5.74) is 0.892. The monoisotopic (exact) mass is 445 g/mol. The second-order valence-corrected chi connectivity index (χ2v) is 7.47. The smallest absolute Gasteiger partial charge is 0.343 e. The van der Waals surface area contributed by atoms with Gasteiger partial charge in [-0.05, 0) is 66.7 Å². The number of hydrogen-bond donors (Lipinski definition) is 0. The average Bonchev–Trinajstić information content (AvgIpc) is 2.96. The Morgan fingerprint density at radius 1 is 1.13 bits per heavy atom. The third-order valence-electron chi connectivity index (χ3n) is 3.91. The van der Waals surface area contributed by atoms with Crippen molar-refractivity contribution in [1.82, 2.24) is 4.90 Å². The Balaban J connectivity index is 1.72. The normalized spacial score (nSPS) is 14.9. The summed E-state index contributed by atoms with van der Waals surface area (Å²) in [6, 6.07) is 12.8. The number of amides is 2. The van der Waals surface area contributed by atoms with E-state index >= 15 is 0 Å². The molecule has 1 fully saturated rings. The zero-order valence-electron chi connectivity index (χ0n) is 15.8. The molecule has 154 valence electrons. The Hall–Kier alpha value is -3.10.